The van der Waals surface area contributed by atoms with E-state index in [1.165, 1.54) is 6.07 Å². The largest absolute Gasteiger partial charge is 0.505 e. The first-order chi connectivity index (χ1) is 11.1. The van der Waals surface area contributed by atoms with Gasteiger partial charge in [0, 0.05) is 6.07 Å². The van der Waals surface area contributed by atoms with Crippen molar-refractivity contribution in [2.75, 3.05) is 4.90 Å². The van der Waals surface area contributed by atoms with Crippen molar-refractivity contribution in [1.29, 1.82) is 0 Å². The van der Waals surface area contributed by atoms with Gasteiger partial charge in [-0.2, -0.15) is 13.2 Å². The molecule has 0 fully saturated rings. The van der Waals surface area contributed by atoms with Crippen LogP contribution in [0.25, 0.3) is 0 Å². The van der Waals surface area contributed by atoms with Gasteiger partial charge in [0.2, 0.25) is 0 Å². The van der Waals surface area contributed by atoms with Crippen molar-refractivity contribution in [3.05, 3.63) is 58.1 Å². The number of para-hydroxylation sites is 1. The molecular weight excluding hydrogens is 331 g/mol. The van der Waals surface area contributed by atoms with E-state index in [9.17, 15) is 33.2 Å². The summed E-state index contributed by atoms with van der Waals surface area (Å²) in [5.74, 6) is -0.764. The number of carbonyl (C=O) groups excluding carboxylic acids is 1. The number of hydrogen-bond acceptors (Lipinski definition) is 4. The number of anilines is 2. The molecule has 0 bridgehead atoms. The van der Waals surface area contributed by atoms with Crippen LogP contribution in [0.3, 0.4) is 0 Å². The summed E-state index contributed by atoms with van der Waals surface area (Å²) in [4.78, 5) is 22.0. The van der Waals surface area contributed by atoms with E-state index in [1.807, 2.05) is 0 Å². The number of benzene rings is 2. The number of carbonyl (C=O) groups is 1. The van der Waals surface area contributed by atoms with E-state index in [2.05, 4.69) is 0 Å². The number of nitro groups is 1. The van der Waals surface area contributed by atoms with E-state index in [4.69, 9.17) is 5.73 Å². The van der Waals surface area contributed by atoms with Crippen LogP contribution in [0.15, 0.2) is 42.5 Å². The standard InChI is InChI=1S/C14H10F3N3O4/c15-14(16,17)9-3-1-2-4-10(9)19(13(18)22)11-6-5-8(20(23)24)7-12(11)21/h1-7,21H,(H2,18,22). The predicted molar refractivity (Wildman–Crippen MR) is 77.9 cm³/mol. The molecule has 0 aliphatic heterocycles. The van der Waals surface area contributed by atoms with Gasteiger partial charge < -0.3 is 10.8 Å². The molecule has 2 rings (SSSR count). The number of primary amides is 1. The molecule has 0 unspecified atom stereocenters. The van der Waals surface area contributed by atoms with E-state index in [1.54, 1.807) is 0 Å². The van der Waals surface area contributed by atoms with Crippen LogP contribution in [0.5, 0.6) is 5.75 Å². The number of aromatic hydroxyl groups is 1. The van der Waals surface area contributed by atoms with E-state index >= 15 is 0 Å². The number of alkyl halides is 3. The zero-order chi connectivity index (χ0) is 18.1. The lowest BCUT2D eigenvalue weighted by atomic mass is 10.1. The number of halogens is 3. The number of non-ortho nitro benzene ring substituents is 1. The Balaban J connectivity index is 2.65. The van der Waals surface area contributed by atoms with Gasteiger partial charge in [0.25, 0.3) is 5.69 Å². The first kappa shape index (κ1) is 17.1. The topological polar surface area (TPSA) is 110 Å². The maximum atomic E-state index is 13.1. The second-order valence-electron chi connectivity index (χ2n) is 4.62. The van der Waals surface area contributed by atoms with Gasteiger partial charge in [-0.1, -0.05) is 12.1 Å². The van der Waals surface area contributed by atoms with E-state index in [0.29, 0.717) is 11.0 Å². The molecule has 10 heteroatoms. The fourth-order valence-corrected chi connectivity index (χ4v) is 2.09. The molecular formula is C14H10F3N3O4. The minimum absolute atomic E-state index is 0.412. The predicted octanol–water partition coefficient (Wildman–Crippen LogP) is 3.54. The second-order valence-corrected chi connectivity index (χ2v) is 4.62. The molecule has 0 spiro atoms. The summed E-state index contributed by atoms with van der Waals surface area (Å²) < 4.78 is 39.4. The molecule has 126 valence electrons. The maximum absolute atomic E-state index is 13.1. The van der Waals surface area contributed by atoms with Crippen LogP contribution in [-0.4, -0.2) is 16.1 Å². The van der Waals surface area contributed by atoms with Crippen LogP contribution in [0.2, 0.25) is 0 Å². The fraction of sp³-hybridized carbons (Fsp3) is 0.0714. The monoisotopic (exact) mass is 341 g/mol. The summed E-state index contributed by atoms with van der Waals surface area (Å²) in [6.45, 7) is 0. The highest BCUT2D eigenvalue weighted by molar-refractivity contribution is 6.00. The van der Waals surface area contributed by atoms with E-state index in [-0.39, 0.29) is 0 Å². The third-order valence-electron chi connectivity index (χ3n) is 3.08. The number of nitro benzene ring substituents is 1. The summed E-state index contributed by atoms with van der Waals surface area (Å²) in [7, 11) is 0. The minimum atomic E-state index is -4.78. The first-order valence-electron chi connectivity index (χ1n) is 6.36. The molecule has 2 aromatic rings. The number of rotatable bonds is 3. The summed E-state index contributed by atoms with van der Waals surface area (Å²) in [5.41, 5.74) is 2.49. The molecule has 0 aromatic heterocycles. The van der Waals surface area contributed by atoms with Crippen molar-refractivity contribution >= 4 is 23.1 Å². The number of hydrogen-bond donors (Lipinski definition) is 2. The Kier molecular flexibility index (Phi) is 4.31. The quantitative estimate of drug-likeness (QED) is 0.657. The van der Waals surface area contributed by atoms with Gasteiger partial charge in [0.1, 0.15) is 5.75 Å². The van der Waals surface area contributed by atoms with Gasteiger partial charge in [-0.05, 0) is 18.2 Å². The minimum Gasteiger partial charge on any atom is -0.505 e. The maximum Gasteiger partial charge on any atom is 0.418 e. The van der Waals surface area contributed by atoms with Crippen molar-refractivity contribution in [1.82, 2.24) is 0 Å². The van der Waals surface area contributed by atoms with Gasteiger partial charge >= 0.3 is 12.2 Å². The van der Waals surface area contributed by atoms with Crippen molar-refractivity contribution < 1.29 is 28.0 Å². The normalized spacial score (nSPS) is 11.1. The molecule has 7 nitrogen and oxygen atoms in total. The van der Waals surface area contributed by atoms with Crippen LogP contribution in [0.4, 0.5) is 35.0 Å². The fourth-order valence-electron chi connectivity index (χ4n) is 2.09. The highest BCUT2D eigenvalue weighted by Crippen LogP contribution is 2.41. The molecule has 24 heavy (non-hydrogen) atoms. The molecule has 0 atom stereocenters. The van der Waals surface area contributed by atoms with Crippen LogP contribution in [0, 0.1) is 10.1 Å². The Bertz CT molecular complexity index is 808. The van der Waals surface area contributed by atoms with Crippen molar-refractivity contribution in [3.8, 4) is 5.75 Å². The Morgan fingerprint density at radius 3 is 2.29 bits per heavy atom. The molecule has 3 N–H and O–H groups in total. The van der Waals surface area contributed by atoms with Gasteiger partial charge in [-0.15, -0.1) is 0 Å². The number of phenols is 1. The summed E-state index contributed by atoms with van der Waals surface area (Å²) in [5, 5.41) is 20.5. The number of nitrogens with zero attached hydrogens (tertiary/aromatic N) is 2. The Hall–Kier alpha value is -3.30. The van der Waals surface area contributed by atoms with Gasteiger partial charge in [-0.25, -0.2) is 4.79 Å². The second kappa shape index (κ2) is 6.07. The van der Waals surface area contributed by atoms with Crippen molar-refractivity contribution in [2.24, 2.45) is 5.73 Å². The lowest BCUT2D eigenvalue weighted by Crippen LogP contribution is -2.33. The zero-order valence-corrected chi connectivity index (χ0v) is 11.8. The van der Waals surface area contributed by atoms with Gasteiger partial charge in [0.15, 0.2) is 0 Å². The van der Waals surface area contributed by atoms with Crippen molar-refractivity contribution in [3.63, 3.8) is 0 Å². The van der Waals surface area contributed by atoms with E-state index in [0.717, 1.165) is 30.3 Å². The van der Waals surface area contributed by atoms with Gasteiger partial charge in [-0.3, -0.25) is 15.0 Å². The molecule has 0 radical (unpaired) electrons. The number of phenolic OH excluding ortho intramolecular Hbond substituents is 1. The Morgan fingerprint density at radius 2 is 1.79 bits per heavy atom. The Morgan fingerprint density at radius 1 is 1.17 bits per heavy atom. The van der Waals surface area contributed by atoms with Crippen LogP contribution in [0.1, 0.15) is 5.56 Å². The zero-order valence-electron chi connectivity index (χ0n) is 11.8. The molecule has 0 saturated heterocycles. The highest BCUT2D eigenvalue weighted by Gasteiger charge is 2.36. The van der Waals surface area contributed by atoms with Crippen LogP contribution < -0.4 is 10.6 Å². The average Bonchev–Trinajstić information content (AvgIpc) is 2.48. The summed E-state index contributed by atoms with van der Waals surface area (Å²) >= 11 is 0. The number of amides is 2. The van der Waals surface area contributed by atoms with E-state index < -0.39 is 45.5 Å². The lowest BCUT2D eigenvalue weighted by Gasteiger charge is -2.24. The summed E-state index contributed by atoms with van der Waals surface area (Å²) in [6.07, 6.45) is -4.78. The third-order valence-corrected chi connectivity index (χ3v) is 3.08. The molecule has 0 saturated carbocycles. The molecule has 0 aliphatic carbocycles. The van der Waals surface area contributed by atoms with Crippen LogP contribution >= 0.6 is 0 Å². The smallest absolute Gasteiger partial charge is 0.418 e. The van der Waals surface area contributed by atoms with Crippen molar-refractivity contribution in [2.45, 2.75) is 6.18 Å². The molecule has 0 heterocycles. The average molecular weight is 341 g/mol. The molecule has 2 aromatic carbocycles. The SMILES string of the molecule is NC(=O)N(c1ccc([N+](=O)[O-])cc1O)c1ccccc1C(F)(F)F. The van der Waals surface area contributed by atoms with Crippen LogP contribution in [-0.2, 0) is 6.18 Å². The third kappa shape index (κ3) is 3.21. The number of nitrogens with two attached hydrogens (primary N) is 1. The number of urea groups is 1. The highest BCUT2D eigenvalue weighted by atomic mass is 19.4. The summed E-state index contributed by atoms with van der Waals surface area (Å²) in [6, 6.07) is 5.40. The Labute approximate surface area is 132 Å². The molecule has 2 amide bonds. The van der Waals surface area contributed by atoms with Gasteiger partial charge in [0.05, 0.1) is 27.9 Å². The lowest BCUT2D eigenvalue weighted by molar-refractivity contribution is -0.384. The first-order valence-corrected chi connectivity index (χ1v) is 6.36. The molecule has 0 aliphatic rings.